The number of pyridine rings is 2. The van der Waals surface area contributed by atoms with E-state index < -0.39 is 0 Å². The third-order valence-corrected chi connectivity index (χ3v) is 5.18. The predicted octanol–water partition coefficient (Wildman–Crippen LogP) is 7.26. The van der Waals surface area contributed by atoms with Crippen LogP contribution >= 0.6 is 9.12 Å². The molecule has 5 aromatic rings. The zero-order chi connectivity index (χ0) is 21.8. The average Bonchev–Trinajstić information content (AvgIpc) is 2.80. The lowest BCUT2D eigenvalue weighted by atomic mass is 9.95. The molecule has 0 amide bonds. The van der Waals surface area contributed by atoms with E-state index in [2.05, 4.69) is 95.8 Å². The van der Waals surface area contributed by atoms with Crippen molar-refractivity contribution < 1.29 is 0 Å². The normalized spacial score (nSPS) is 10.6. The first-order valence-electron chi connectivity index (χ1n) is 10.4. The van der Waals surface area contributed by atoms with E-state index >= 15 is 0 Å². The smallest absolute Gasteiger partial charge is 0.134 e. The van der Waals surface area contributed by atoms with Crippen LogP contribution < -0.4 is 0 Å². The third kappa shape index (κ3) is 4.38. The first-order chi connectivity index (χ1) is 15.1. The van der Waals surface area contributed by atoms with Gasteiger partial charge in [0.2, 0.25) is 0 Å². The Hall–Kier alpha value is -3.03. The lowest BCUT2D eigenvalue weighted by Crippen LogP contribution is -1.94. The summed E-state index contributed by atoms with van der Waals surface area (Å²) >= 11 is 0. The number of aryl methyl sites for hydroxylation is 2. The minimum atomic E-state index is 0.970. The molecule has 0 saturated carbocycles. The van der Waals surface area contributed by atoms with E-state index in [1.165, 1.54) is 22.3 Å². The third-order valence-electron chi connectivity index (χ3n) is 5.18. The minimum Gasteiger partial charge on any atom is -0.251 e. The van der Waals surface area contributed by atoms with E-state index in [4.69, 9.17) is 9.97 Å². The molecule has 0 fully saturated rings. The van der Waals surface area contributed by atoms with Gasteiger partial charge >= 0.3 is 0 Å². The molecule has 0 aliphatic rings. The van der Waals surface area contributed by atoms with Crippen LogP contribution in [0.1, 0.15) is 11.4 Å². The highest BCUT2D eigenvalue weighted by atomic mass is 31.0. The maximum atomic E-state index is 4.90. The zero-order valence-electron chi connectivity index (χ0n) is 18.1. The lowest BCUT2D eigenvalue weighted by Gasteiger charge is -2.13. The molecule has 2 nitrogen and oxygen atoms in total. The molecule has 1 radical (unpaired) electrons. The molecular weight excluding hydrogens is 394 g/mol. The first-order valence-corrected chi connectivity index (χ1v) is 11.1. The van der Waals surface area contributed by atoms with Crippen LogP contribution in [0.2, 0.25) is 6.82 Å². The molecule has 2 aromatic heterocycles. The molecule has 3 aromatic carbocycles. The monoisotopic (exact) mass is 419 g/mol. The Morgan fingerprint density at radius 3 is 1.32 bits per heavy atom. The van der Waals surface area contributed by atoms with Crippen LogP contribution in [0.25, 0.3) is 44.1 Å². The van der Waals surface area contributed by atoms with Crippen molar-refractivity contribution in [3.8, 4) is 22.3 Å². The lowest BCUT2D eigenvalue weighted by molar-refractivity contribution is 1.23. The number of hydrogen-bond donors (Lipinski definition) is 0. The Bertz CT molecular complexity index is 1230. The molecule has 151 valence electrons. The van der Waals surface area contributed by atoms with Gasteiger partial charge in [-0.3, -0.25) is 9.97 Å². The van der Waals surface area contributed by atoms with Crippen molar-refractivity contribution in [1.29, 1.82) is 0 Å². The van der Waals surface area contributed by atoms with Crippen molar-refractivity contribution in [1.82, 2.24) is 9.97 Å². The molecule has 0 N–H and O–H groups in total. The number of aromatic nitrogens is 2. The second kappa shape index (κ2) is 9.41. The summed E-state index contributed by atoms with van der Waals surface area (Å²) in [5.41, 5.74) is 8.76. The van der Waals surface area contributed by atoms with Gasteiger partial charge in [-0.15, -0.1) is 0 Å². The van der Waals surface area contributed by atoms with Gasteiger partial charge in [0.25, 0.3) is 0 Å². The SMILES string of the molecule is C[B]P.Cc1cc(-c2ccccc2)c2ccc3c(-c4ccccc4)cc(C)nc3c2n1. The molecule has 0 bridgehead atoms. The summed E-state index contributed by atoms with van der Waals surface area (Å²) in [4.78, 5) is 9.81. The number of nitrogens with zero attached hydrogens (tertiary/aromatic N) is 2. The van der Waals surface area contributed by atoms with E-state index in [1.54, 1.807) is 0 Å². The minimum absolute atomic E-state index is 0.970. The number of fused-ring (bicyclic) bond motifs is 3. The van der Waals surface area contributed by atoms with Gasteiger partial charge in [-0.1, -0.05) is 79.6 Å². The second-order valence-corrected chi connectivity index (χ2v) is 8.21. The molecule has 0 spiro atoms. The Morgan fingerprint density at radius 1 is 0.613 bits per heavy atom. The predicted molar refractivity (Wildman–Crippen MR) is 139 cm³/mol. The van der Waals surface area contributed by atoms with E-state index in [-0.39, 0.29) is 0 Å². The van der Waals surface area contributed by atoms with Crippen LogP contribution in [0.3, 0.4) is 0 Å². The first kappa shape index (κ1) is 21.2. The summed E-state index contributed by atoms with van der Waals surface area (Å²) in [6, 6.07) is 29.7. The van der Waals surface area contributed by atoms with Crippen LogP contribution in [0.5, 0.6) is 0 Å². The Kier molecular flexibility index (Phi) is 6.44. The van der Waals surface area contributed by atoms with Crippen LogP contribution in [0.4, 0.5) is 0 Å². The zero-order valence-corrected chi connectivity index (χ0v) is 19.3. The highest BCUT2D eigenvalue weighted by molar-refractivity contribution is 7.55. The molecular formula is C27H25BN2P. The van der Waals surface area contributed by atoms with Gasteiger partial charge in [0.05, 0.1) is 11.0 Å². The van der Waals surface area contributed by atoms with E-state index in [0.717, 1.165) is 33.2 Å². The molecule has 2 heterocycles. The fraction of sp³-hybridized carbons (Fsp3) is 0.111. The van der Waals surface area contributed by atoms with Gasteiger partial charge in [-0.05, 0) is 48.2 Å². The van der Waals surface area contributed by atoms with Crippen molar-refractivity contribution in [3.63, 3.8) is 0 Å². The largest absolute Gasteiger partial charge is 0.251 e. The maximum Gasteiger partial charge on any atom is 0.134 e. The Balaban J connectivity index is 0.000000730. The quantitative estimate of drug-likeness (QED) is 0.171. The van der Waals surface area contributed by atoms with Crippen LogP contribution in [0, 0.1) is 13.8 Å². The molecule has 0 aliphatic heterocycles. The molecule has 5 rings (SSSR count). The summed E-state index contributed by atoms with van der Waals surface area (Å²) in [5.74, 6) is 0. The van der Waals surface area contributed by atoms with Crippen LogP contribution in [-0.4, -0.2) is 17.0 Å². The van der Waals surface area contributed by atoms with Crippen molar-refractivity contribution in [2.45, 2.75) is 20.7 Å². The summed E-state index contributed by atoms with van der Waals surface area (Å²) in [7, 11) is 2.45. The number of benzene rings is 3. The fourth-order valence-corrected chi connectivity index (χ4v) is 3.94. The maximum absolute atomic E-state index is 4.90. The summed E-state index contributed by atoms with van der Waals surface area (Å²) < 4.78 is 0. The Morgan fingerprint density at radius 2 is 0.968 bits per heavy atom. The molecule has 1 unspecified atom stereocenters. The van der Waals surface area contributed by atoms with Crippen molar-refractivity contribution in [3.05, 3.63) is 96.3 Å². The Labute approximate surface area is 187 Å². The van der Waals surface area contributed by atoms with E-state index in [1.807, 2.05) is 26.0 Å². The van der Waals surface area contributed by atoms with Crippen LogP contribution in [0.15, 0.2) is 84.9 Å². The topological polar surface area (TPSA) is 25.8 Å². The number of rotatable bonds is 2. The molecule has 4 heteroatoms. The summed E-state index contributed by atoms with van der Waals surface area (Å²) in [5, 5.41) is 2.28. The van der Waals surface area contributed by atoms with E-state index in [0.29, 0.717) is 0 Å². The van der Waals surface area contributed by atoms with Crippen molar-refractivity contribution in [2.24, 2.45) is 0 Å². The van der Waals surface area contributed by atoms with E-state index in [9.17, 15) is 0 Å². The van der Waals surface area contributed by atoms with Crippen molar-refractivity contribution >= 4 is 37.9 Å². The van der Waals surface area contributed by atoms with Gasteiger partial charge < -0.3 is 0 Å². The standard InChI is InChI=1S/C26H20N2.CH5BP/c1-17-15-23(19-9-5-3-6-10-19)21-13-14-22-24(20-11-7-4-8-12-20)16-18(2)28-26(22)25(21)27-17;1-2-3/h3-16H,1-2H3;3H2,1H3. The second-order valence-electron chi connectivity index (χ2n) is 7.55. The molecule has 0 saturated heterocycles. The average molecular weight is 419 g/mol. The van der Waals surface area contributed by atoms with Crippen molar-refractivity contribution in [2.75, 3.05) is 0 Å². The molecule has 0 aliphatic carbocycles. The summed E-state index contributed by atoms with van der Waals surface area (Å²) in [6.07, 6.45) is 0. The van der Waals surface area contributed by atoms with Gasteiger partial charge in [-0.25, -0.2) is 0 Å². The highest BCUT2D eigenvalue weighted by Crippen LogP contribution is 2.36. The molecule has 31 heavy (non-hydrogen) atoms. The van der Waals surface area contributed by atoms with Gasteiger partial charge in [0.1, 0.15) is 7.00 Å². The van der Waals surface area contributed by atoms with Gasteiger partial charge in [0, 0.05) is 22.2 Å². The molecule has 1 atom stereocenters. The van der Waals surface area contributed by atoms with Gasteiger partial charge in [-0.2, -0.15) is 9.12 Å². The summed E-state index contributed by atoms with van der Waals surface area (Å²) in [6.45, 7) is 7.99. The van der Waals surface area contributed by atoms with Gasteiger partial charge in [0.15, 0.2) is 0 Å². The van der Waals surface area contributed by atoms with Crippen LogP contribution in [-0.2, 0) is 0 Å². The fourth-order valence-electron chi connectivity index (χ4n) is 3.94. The highest BCUT2D eigenvalue weighted by Gasteiger charge is 2.13. The number of hydrogen-bond acceptors (Lipinski definition) is 2.